The zero-order valence-corrected chi connectivity index (χ0v) is 7.43. The van der Waals surface area contributed by atoms with Gasteiger partial charge in [-0.2, -0.15) is 0 Å². The molecule has 14 heavy (non-hydrogen) atoms. The molecule has 0 bridgehead atoms. The number of ketones is 1. The first kappa shape index (κ1) is 7.74. The maximum absolute atomic E-state index is 13.3. The molecular weight excluding hydrogens is 181 g/mol. The summed E-state index contributed by atoms with van der Waals surface area (Å²) in [4.78, 5) is 14.3. The molecule has 0 radical (unpaired) electrons. The van der Waals surface area contributed by atoms with Gasteiger partial charge in [0.2, 0.25) is 0 Å². The van der Waals surface area contributed by atoms with Gasteiger partial charge in [-0.25, -0.2) is 4.39 Å². The number of Topliss-reactive ketones (excluding diaryl/α,β-unsaturated/α-hetero) is 1. The Hall–Kier alpha value is -1.64. The summed E-state index contributed by atoms with van der Waals surface area (Å²) < 4.78 is 13.3. The summed E-state index contributed by atoms with van der Waals surface area (Å²) in [5, 5.41) is 0.853. The molecule has 1 aromatic carbocycles. The third-order valence-corrected chi connectivity index (χ3v) is 2.77. The van der Waals surface area contributed by atoms with Crippen LogP contribution >= 0.6 is 0 Å². The van der Waals surface area contributed by atoms with Crippen molar-refractivity contribution in [3.8, 4) is 0 Å². The molecule has 70 valence electrons. The summed E-state index contributed by atoms with van der Waals surface area (Å²) in [6, 6.07) is 4.93. The normalized spacial score (nSPS) is 15.1. The average molecular weight is 189 g/mol. The van der Waals surface area contributed by atoms with Gasteiger partial charge in [-0.3, -0.25) is 4.79 Å². The molecule has 1 heterocycles. The Labute approximate surface area is 79.7 Å². The number of nitrogens with one attached hydrogen (secondary N) is 1. The topological polar surface area (TPSA) is 32.9 Å². The smallest absolute Gasteiger partial charge is 0.179 e. The zero-order valence-electron chi connectivity index (χ0n) is 7.43. The number of aromatic nitrogens is 1. The number of para-hydroxylation sites is 1. The van der Waals surface area contributed by atoms with E-state index >= 15 is 0 Å². The Kier molecular flexibility index (Phi) is 1.35. The molecule has 0 saturated carbocycles. The highest BCUT2D eigenvalue weighted by Gasteiger charge is 2.24. The molecule has 1 aliphatic rings. The van der Waals surface area contributed by atoms with Crippen LogP contribution in [-0.4, -0.2) is 10.8 Å². The number of carbonyl (C=O) groups is 1. The van der Waals surface area contributed by atoms with Crippen LogP contribution in [-0.2, 0) is 6.42 Å². The van der Waals surface area contributed by atoms with Gasteiger partial charge in [-0.05, 0) is 18.1 Å². The van der Waals surface area contributed by atoms with Gasteiger partial charge in [-0.15, -0.1) is 0 Å². The molecular formula is C11H8FNO. The van der Waals surface area contributed by atoms with Crippen LogP contribution in [0.25, 0.3) is 10.9 Å². The maximum Gasteiger partial charge on any atom is 0.179 e. The van der Waals surface area contributed by atoms with E-state index in [1.54, 1.807) is 6.07 Å². The van der Waals surface area contributed by atoms with Crippen molar-refractivity contribution in [2.24, 2.45) is 0 Å². The van der Waals surface area contributed by atoms with E-state index in [4.69, 9.17) is 0 Å². The van der Waals surface area contributed by atoms with Gasteiger partial charge in [0.05, 0.1) is 11.2 Å². The van der Waals surface area contributed by atoms with Gasteiger partial charge in [0.25, 0.3) is 0 Å². The SMILES string of the molecule is O=C1CCc2c1[nH]c1c(F)cccc21. The fourth-order valence-electron chi connectivity index (χ4n) is 2.10. The van der Waals surface area contributed by atoms with Crippen molar-refractivity contribution in [3.63, 3.8) is 0 Å². The number of halogens is 1. The summed E-state index contributed by atoms with van der Waals surface area (Å²) >= 11 is 0. The Morgan fingerprint density at radius 3 is 3.00 bits per heavy atom. The highest BCUT2D eigenvalue weighted by atomic mass is 19.1. The summed E-state index contributed by atoms with van der Waals surface area (Å²) in [5.74, 6) is -0.194. The lowest BCUT2D eigenvalue weighted by Gasteiger charge is -1.93. The molecule has 0 saturated heterocycles. The summed E-state index contributed by atoms with van der Waals surface area (Å²) in [6.07, 6.45) is 1.28. The lowest BCUT2D eigenvalue weighted by atomic mass is 10.1. The van der Waals surface area contributed by atoms with E-state index in [9.17, 15) is 9.18 Å². The number of aromatic amines is 1. The van der Waals surface area contributed by atoms with E-state index < -0.39 is 0 Å². The van der Waals surface area contributed by atoms with Crippen molar-refractivity contribution in [2.45, 2.75) is 12.8 Å². The third kappa shape index (κ3) is 0.816. The molecule has 1 aromatic heterocycles. The number of hydrogen-bond acceptors (Lipinski definition) is 1. The number of aryl methyl sites for hydroxylation is 1. The second-order valence-corrected chi connectivity index (χ2v) is 3.56. The zero-order chi connectivity index (χ0) is 9.71. The molecule has 1 aliphatic carbocycles. The number of carbonyl (C=O) groups excluding carboxylic acids is 1. The van der Waals surface area contributed by atoms with Crippen LogP contribution in [0.2, 0.25) is 0 Å². The molecule has 0 fully saturated rings. The number of benzene rings is 1. The maximum atomic E-state index is 13.3. The molecule has 0 unspecified atom stereocenters. The fourth-order valence-corrected chi connectivity index (χ4v) is 2.10. The second-order valence-electron chi connectivity index (χ2n) is 3.56. The minimum absolute atomic E-state index is 0.0931. The van der Waals surface area contributed by atoms with Crippen LogP contribution in [0.3, 0.4) is 0 Å². The van der Waals surface area contributed by atoms with Crippen molar-refractivity contribution < 1.29 is 9.18 Å². The number of H-pyrrole nitrogens is 1. The number of hydrogen-bond donors (Lipinski definition) is 1. The van der Waals surface area contributed by atoms with Gasteiger partial charge in [0.15, 0.2) is 5.78 Å². The van der Waals surface area contributed by atoms with Crippen molar-refractivity contribution in [2.75, 3.05) is 0 Å². The first-order chi connectivity index (χ1) is 6.77. The lowest BCUT2D eigenvalue weighted by Crippen LogP contribution is -1.91. The van der Waals surface area contributed by atoms with Crippen molar-refractivity contribution >= 4 is 16.7 Å². The Bertz CT molecular complexity index is 541. The molecule has 0 aliphatic heterocycles. The van der Waals surface area contributed by atoms with E-state index in [1.165, 1.54) is 6.07 Å². The van der Waals surface area contributed by atoms with Crippen LogP contribution in [0.5, 0.6) is 0 Å². The third-order valence-electron chi connectivity index (χ3n) is 2.77. The Morgan fingerprint density at radius 2 is 2.14 bits per heavy atom. The van der Waals surface area contributed by atoms with Gasteiger partial charge < -0.3 is 4.98 Å². The first-order valence-corrected chi connectivity index (χ1v) is 4.59. The van der Waals surface area contributed by atoms with Crippen molar-refractivity contribution in [1.29, 1.82) is 0 Å². The highest BCUT2D eigenvalue weighted by molar-refractivity contribution is 6.05. The Morgan fingerprint density at radius 1 is 1.29 bits per heavy atom. The summed E-state index contributed by atoms with van der Waals surface area (Å²) in [6.45, 7) is 0. The van der Waals surface area contributed by atoms with E-state index in [0.717, 1.165) is 17.4 Å². The standard InChI is InChI=1S/C11H8FNO/c12-8-3-1-2-6-7-4-5-9(14)11(7)13-10(6)8/h1-3,13H,4-5H2. The van der Waals surface area contributed by atoms with Gasteiger partial charge in [-0.1, -0.05) is 12.1 Å². The lowest BCUT2D eigenvalue weighted by molar-refractivity contribution is 0.0991. The second kappa shape index (κ2) is 2.44. The molecule has 0 amide bonds. The molecule has 1 N–H and O–H groups in total. The molecule has 0 atom stereocenters. The van der Waals surface area contributed by atoms with Crippen LogP contribution in [0.15, 0.2) is 18.2 Å². The van der Waals surface area contributed by atoms with Crippen LogP contribution < -0.4 is 0 Å². The first-order valence-electron chi connectivity index (χ1n) is 4.59. The monoisotopic (exact) mass is 189 g/mol. The molecule has 2 aromatic rings. The molecule has 3 heteroatoms. The fraction of sp³-hybridized carbons (Fsp3) is 0.182. The van der Waals surface area contributed by atoms with E-state index in [1.807, 2.05) is 6.07 Å². The number of rotatable bonds is 0. The quantitative estimate of drug-likeness (QED) is 0.678. The summed E-state index contributed by atoms with van der Waals surface area (Å²) in [7, 11) is 0. The van der Waals surface area contributed by atoms with Gasteiger partial charge in [0.1, 0.15) is 5.82 Å². The van der Waals surface area contributed by atoms with E-state index in [2.05, 4.69) is 4.98 Å². The average Bonchev–Trinajstić information content (AvgIpc) is 2.69. The highest BCUT2D eigenvalue weighted by Crippen LogP contribution is 2.30. The van der Waals surface area contributed by atoms with Crippen molar-refractivity contribution in [1.82, 2.24) is 4.98 Å². The van der Waals surface area contributed by atoms with Gasteiger partial charge in [0, 0.05) is 11.8 Å². The predicted molar refractivity (Wildman–Crippen MR) is 50.9 cm³/mol. The molecule has 0 spiro atoms. The largest absolute Gasteiger partial charge is 0.349 e. The van der Waals surface area contributed by atoms with Crippen molar-refractivity contribution in [3.05, 3.63) is 35.3 Å². The van der Waals surface area contributed by atoms with Crippen LogP contribution in [0, 0.1) is 5.82 Å². The summed E-state index contributed by atoms with van der Waals surface area (Å²) in [5.41, 5.74) is 2.04. The minimum Gasteiger partial charge on any atom is -0.349 e. The molecule has 3 rings (SSSR count). The minimum atomic E-state index is -0.287. The van der Waals surface area contributed by atoms with E-state index in [-0.39, 0.29) is 11.6 Å². The van der Waals surface area contributed by atoms with Crippen LogP contribution in [0.1, 0.15) is 22.5 Å². The Balaban J connectivity index is 2.45. The van der Waals surface area contributed by atoms with Gasteiger partial charge >= 0.3 is 0 Å². The molecule has 2 nitrogen and oxygen atoms in total. The van der Waals surface area contributed by atoms with Crippen LogP contribution in [0.4, 0.5) is 4.39 Å². The number of fused-ring (bicyclic) bond motifs is 3. The van der Waals surface area contributed by atoms with E-state index in [0.29, 0.717) is 17.6 Å². The predicted octanol–water partition coefficient (Wildman–Crippen LogP) is 2.44.